The highest BCUT2D eigenvalue weighted by Gasteiger charge is 2.20. The standard InChI is InChI=1S/C18H22FN3O3S/c1-4-13(5-2)21-16(23)11-25-17(24)15-10-20-18(26-3)22(15)14-8-6-12(19)7-9-14/h6-10,13H,4-5,11H2,1-3H3,(H,21,23). The second-order valence-electron chi connectivity index (χ2n) is 5.60. The van der Waals surface area contributed by atoms with Crippen LogP contribution in [0.25, 0.3) is 5.69 Å². The van der Waals surface area contributed by atoms with E-state index in [0.29, 0.717) is 10.8 Å². The first-order valence-corrected chi connectivity index (χ1v) is 9.56. The molecule has 6 nitrogen and oxygen atoms in total. The molecule has 8 heteroatoms. The molecule has 1 amide bonds. The van der Waals surface area contributed by atoms with E-state index in [1.54, 1.807) is 16.7 Å². The molecular formula is C18H22FN3O3S. The average Bonchev–Trinajstić information content (AvgIpc) is 3.08. The molecule has 0 atom stereocenters. The Labute approximate surface area is 156 Å². The molecule has 1 aromatic carbocycles. The number of esters is 1. The van der Waals surface area contributed by atoms with Gasteiger partial charge < -0.3 is 10.1 Å². The zero-order chi connectivity index (χ0) is 19.1. The predicted molar refractivity (Wildman–Crippen MR) is 98.1 cm³/mol. The first-order chi connectivity index (χ1) is 12.5. The van der Waals surface area contributed by atoms with Crippen molar-refractivity contribution in [3.05, 3.63) is 42.0 Å². The molecule has 0 aliphatic heterocycles. The predicted octanol–water partition coefficient (Wildman–Crippen LogP) is 3.19. The highest BCUT2D eigenvalue weighted by Crippen LogP contribution is 2.22. The van der Waals surface area contributed by atoms with Gasteiger partial charge in [0.05, 0.1) is 6.20 Å². The Morgan fingerprint density at radius 2 is 1.92 bits per heavy atom. The van der Waals surface area contributed by atoms with E-state index >= 15 is 0 Å². The lowest BCUT2D eigenvalue weighted by Gasteiger charge is -2.15. The maximum Gasteiger partial charge on any atom is 0.357 e. The number of rotatable bonds is 8. The number of carbonyl (C=O) groups is 2. The summed E-state index contributed by atoms with van der Waals surface area (Å²) in [4.78, 5) is 28.5. The molecule has 0 saturated heterocycles. The second-order valence-corrected chi connectivity index (χ2v) is 6.37. The molecule has 0 bridgehead atoms. The molecule has 0 unspecified atom stereocenters. The molecule has 0 radical (unpaired) electrons. The highest BCUT2D eigenvalue weighted by atomic mass is 32.2. The summed E-state index contributed by atoms with van der Waals surface area (Å²) in [6.45, 7) is 3.59. The molecule has 140 valence electrons. The van der Waals surface area contributed by atoms with Gasteiger partial charge in [0.15, 0.2) is 17.5 Å². The fourth-order valence-corrected chi connectivity index (χ4v) is 2.97. The third-order valence-electron chi connectivity index (χ3n) is 3.89. The molecular weight excluding hydrogens is 357 g/mol. The largest absolute Gasteiger partial charge is 0.451 e. The number of hydrogen-bond acceptors (Lipinski definition) is 5. The molecule has 0 aliphatic rings. The molecule has 0 saturated carbocycles. The Hall–Kier alpha value is -2.35. The molecule has 2 aromatic rings. The minimum atomic E-state index is -0.665. The summed E-state index contributed by atoms with van der Waals surface area (Å²) >= 11 is 1.34. The van der Waals surface area contributed by atoms with Gasteiger partial charge in [-0.2, -0.15) is 0 Å². The van der Waals surface area contributed by atoms with Crippen molar-refractivity contribution in [3.63, 3.8) is 0 Å². The number of halogens is 1. The number of imidazole rings is 1. The van der Waals surface area contributed by atoms with Gasteiger partial charge in [0, 0.05) is 11.7 Å². The van der Waals surface area contributed by atoms with Crippen LogP contribution < -0.4 is 5.32 Å². The van der Waals surface area contributed by atoms with Crippen LogP contribution in [0.4, 0.5) is 4.39 Å². The Kier molecular flexibility index (Phi) is 7.20. The Balaban J connectivity index is 2.13. The van der Waals surface area contributed by atoms with E-state index in [0.717, 1.165) is 12.8 Å². The van der Waals surface area contributed by atoms with Gasteiger partial charge in [0.1, 0.15) is 5.82 Å². The van der Waals surface area contributed by atoms with E-state index in [9.17, 15) is 14.0 Å². The van der Waals surface area contributed by atoms with Gasteiger partial charge in [-0.1, -0.05) is 25.6 Å². The van der Waals surface area contributed by atoms with Crippen molar-refractivity contribution in [2.75, 3.05) is 12.9 Å². The van der Waals surface area contributed by atoms with Crippen LogP contribution in [0.1, 0.15) is 37.2 Å². The number of nitrogens with zero attached hydrogens (tertiary/aromatic N) is 2. The Bertz CT molecular complexity index is 758. The van der Waals surface area contributed by atoms with Crippen LogP contribution in [-0.2, 0) is 9.53 Å². The first-order valence-electron chi connectivity index (χ1n) is 8.34. The number of ether oxygens (including phenoxy) is 1. The number of thioether (sulfide) groups is 1. The van der Waals surface area contributed by atoms with Crippen LogP contribution in [0, 0.1) is 5.82 Å². The van der Waals surface area contributed by atoms with E-state index in [2.05, 4.69) is 10.3 Å². The Morgan fingerprint density at radius 1 is 1.27 bits per heavy atom. The lowest BCUT2D eigenvalue weighted by atomic mass is 10.2. The molecule has 2 rings (SSSR count). The van der Waals surface area contributed by atoms with Crippen molar-refractivity contribution < 1.29 is 18.7 Å². The minimum Gasteiger partial charge on any atom is -0.451 e. The van der Waals surface area contributed by atoms with Crippen molar-refractivity contribution in [1.29, 1.82) is 0 Å². The van der Waals surface area contributed by atoms with Crippen LogP contribution in [-0.4, -0.2) is 40.3 Å². The van der Waals surface area contributed by atoms with Gasteiger partial charge in [0.2, 0.25) is 0 Å². The van der Waals surface area contributed by atoms with Crippen molar-refractivity contribution in [3.8, 4) is 5.69 Å². The van der Waals surface area contributed by atoms with Crippen molar-refractivity contribution in [2.24, 2.45) is 0 Å². The van der Waals surface area contributed by atoms with E-state index in [1.165, 1.54) is 30.1 Å². The Morgan fingerprint density at radius 3 is 2.50 bits per heavy atom. The molecule has 1 N–H and O–H groups in total. The van der Waals surface area contributed by atoms with Crippen LogP contribution in [0.2, 0.25) is 0 Å². The number of benzene rings is 1. The quantitative estimate of drug-likeness (QED) is 0.563. The van der Waals surface area contributed by atoms with Gasteiger partial charge >= 0.3 is 5.97 Å². The number of hydrogen-bond donors (Lipinski definition) is 1. The summed E-state index contributed by atoms with van der Waals surface area (Å²) in [5.41, 5.74) is 0.762. The van der Waals surface area contributed by atoms with E-state index < -0.39 is 5.97 Å². The molecule has 0 fully saturated rings. The summed E-state index contributed by atoms with van der Waals surface area (Å²) in [6, 6.07) is 5.77. The van der Waals surface area contributed by atoms with Gasteiger partial charge in [-0.3, -0.25) is 9.36 Å². The van der Waals surface area contributed by atoms with E-state index in [4.69, 9.17) is 4.74 Å². The first kappa shape index (κ1) is 20.0. The smallest absolute Gasteiger partial charge is 0.357 e. The molecule has 1 heterocycles. The van der Waals surface area contributed by atoms with Crippen molar-refractivity contribution in [2.45, 2.75) is 37.9 Å². The van der Waals surface area contributed by atoms with Crippen molar-refractivity contribution >= 4 is 23.6 Å². The van der Waals surface area contributed by atoms with E-state index in [-0.39, 0.29) is 30.1 Å². The monoisotopic (exact) mass is 379 g/mol. The molecule has 0 aliphatic carbocycles. The fourth-order valence-electron chi connectivity index (χ4n) is 2.43. The molecule has 26 heavy (non-hydrogen) atoms. The zero-order valence-electron chi connectivity index (χ0n) is 15.0. The summed E-state index contributed by atoms with van der Waals surface area (Å²) in [6.07, 6.45) is 4.83. The van der Waals surface area contributed by atoms with Gasteiger partial charge in [-0.05, 0) is 43.4 Å². The maximum absolute atomic E-state index is 13.2. The minimum absolute atomic E-state index is 0.0639. The molecule has 0 spiro atoms. The number of aromatic nitrogens is 2. The summed E-state index contributed by atoms with van der Waals surface area (Å²) in [5.74, 6) is -1.38. The second kappa shape index (κ2) is 9.38. The lowest BCUT2D eigenvalue weighted by molar-refractivity contribution is -0.125. The fraction of sp³-hybridized carbons (Fsp3) is 0.389. The number of carbonyl (C=O) groups excluding carboxylic acids is 2. The number of nitrogens with one attached hydrogen (secondary N) is 1. The summed E-state index contributed by atoms with van der Waals surface area (Å²) in [5, 5.41) is 3.37. The van der Waals surface area contributed by atoms with Crippen LogP contribution in [0.3, 0.4) is 0 Å². The van der Waals surface area contributed by atoms with Crippen LogP contribution in [0.5, 0.6) is 0 Å². The van der Waals surface area contributed by atoms with E-state index in [1.807, 2.05) is 20.1 Å². The van der Waals surface area contributed by atoms with Gasteiger partial charge in [-0.15, -0.1) is 0 Å². The van der Waals surface area contributed by atoms with Crippen LogP contribution >= 0.6 is 11.8 Å². The normalized spacial score (nSPS) is 10.8. The highest BCUT2D eigenvalue weighted by molar-refractivity contribution is 7.98. The van der Waals surface area contributed by atoms with Crippen LogP contribution in [0.15, 0.2) is 35.6 Å². The summed E-state index contributed by atoms with van der Waals surface area (Å²) < 4.78 is 19.9. The topological polar surface area (TPSA) is 73.2 Å². The summed E-state index contributed by atoms with van der Waals surface area (Å²) in [7, 11) is 0. The van der Waals surface area contributed by atoms with Gasteiger partial charge in [0.25, 0.3) is 5.91 Å². The average molecular weight is 379 g/mol. The third-order valence-corrected chi connectivity index (χ3v) is 4.54. The lowest BCUT2D eigenvalue weighted by Crippen LogP contribution is -2.37. The SMILES string of the molecule is CCC(CC)NC(=O)COC(=O)c1cnc(SC)n1-c1ccc(F)cc1. The van der Waals surface area contributed by atoms with Crippen molar-refractivity contribution in [1.82, 2.24) is 14.9 Å². The zero-order valence-corrected chi connectivity index (χ0v) is 15.8. The maximum atomic E-state index is 13.2. The molecule has 1 aromatic heterocycles. The third kappa shape index (κ3) is 4.85. The van der Waals surface area contributed by atoms with Gasteiger partial charge in [-0.25, -0.2) is 14.2 Å². The number of amides is 1.